The van der Waals surface area contributed by atoms with Gasteiger partial charge in [0.05, 0.1) is 6.54 Å². The molecule has 1 aliphatic rings. The molecule has 1 aromatic rings. The van der Waals surface area contributed by atoms with Gasteiger partial charge in [0.25, 0.3) is 0 Å². The molecule has 1 amide bonds. The predicted octanol–water partition coefficient (Wildman–Crippen LogP) is 2.17. The van der Waals surface area contributed by atoms with E-state index < -0.39 is 0 Å². The first-order valence-corrected chi connectivity index (χ1v) is 7.82. The molecule has 104 valence electrons. The number of amides is 1. The van der Waals surface area contributed by atoms with E-state index in [0.29, 0.717) is 12.6 Å². The minimum atomic E-state index is 0.184. The molecular weight excluding hydrogens is 256 g/mol. The van der Waals surface area contributed by atoms with E-state index in [0.717, 1.165) is 18.1 Å². The quantitative estimate of drug-likeness (QED) is 0.846. The first kappa shape index (κ1) is 14.4. The molecule has 0 saturated carbocycles. The standard InChI is InChI=1S/C15H22N2OS/c1-12-4-6-13(7-5-12)14-11-19-9-8-17(14)10-15(18)16(2)3/h4-7,14H,8-11H2,1-3H3. The lowest BCUT2D eigenvalue weighted by Gasteiger charge is -2.35. The van der Waals surface area contributed by atoms with Crippen LogP contribution >= 0.6 is 11.8 Å². The van der Waals surface area contributed by atoms with Gasteiger partial charge in [-0.15, -0.1) is 0 Å². The third-order valence-corrected chi connectivity index (χ3v) is 4.56. The zero-order chi connectivity index (χ0) is 13.8. The van der Waals surface area contributed by atoms with Crippen molar-refractivity contribution in [2.24, 2.45) is 0 Å². The van der Waals surface area contributed by atoms with Crippen LogP contribution in [-0.4, -0.2) is 54.4 Å². The number of hydrogen-bond donors (Lipinski definition) is 0. The summed E-state index contributed by atoms with van der Waals surface area (Å²) in [5.74, 6) is 2.37. The number of likely N-dealkylation sites (N-methyl/N-ethyl adjacent to an activating group) is 1. The Morgan fingerprint density at radius 1 is 1.37 bits per heavy atom. The van der Waals surface area contributed by atoms with Crippen molar-refractivity contribution in [3.05, 3.63) is 35.4 Å². The number of thioether (sulfide) groups is 1. The van der Waals surface area contributed by atoms with Gasteiger partial charge in [-0.3, -0.25) is 9.69 Å². The number of carbonyl (C=O) groups is 1. The molecule has 1 fully saturated rings. The third kappa shape index (κ3) is 3.74. The lowest BCUT2D eigenvalue weighted by Crippen LogP contribution is -2.42. The highest BCUT2D eigenvalue weighted by atomic mass is 32.2. The van der Waals surface area contributed by atoms with Crippen molar-refractivity contribution >= 4 is 17.7 Å². The van der Waals surface area contributed by atoms with Crippen molar-refractivity contribution in [2.75, 3.05) is 38.7 Å². The summed E-state index contributed by atoms with van der Waals surface area (Å²) in [5.41, 5.74) is 2.60. The molecule has 0 radical (unpaired) electrons. The second-order valence-corrected chi connectivity index (χ2v) is 6.41. The molecule has 1 atom stereocenters. The molecular formula is C15H22N2OS. The highest BCUT2D eigenvalue weighted by molar-refractivity contribution is 7.99. The largest absolute Gasteiger partial charge is 0.348 e. The minimum absolute atomic E-state index is 0.184. The zero-order valence-electron chi connectivity index (χ0n) is 11.9. The van der Waals surface area contributed by atoms with Crippen molar-refractivity contribution in [1.82, 2.24) is 9.80 Å². The Morgan fingerprint density at radius 2 is 2.05 bits per heavy atom. The molecule has 19 heavy (non-hydrogen) atoms. The van der Waals surface area contributed by atoms with Gasteiger partial charge in [0.2, 0.25) is 5.91 Å². The number of benzene rings is 1. The normalized spacial score (nSPS) is 20.3. The smallest absolute Gasteiger partial charge is 0.236 e. The highest BCUT2D eigenvalue weighted by Crippen LogP contribution is 2.29. The first-order valence-electron chi connectivity index (χ1n) is 6.66. The van der Waals surface area contributed by atoms with E-state index in [1.807, 2.05) is 25.9 Å². The number of nitrogens with zero attached hydrogens (tertiary/aromatic N) is 2. The summed E-state index contributed by atoms with van der Waals surface area (Å²) in [6, 6.07) is 9.06. The van der Waals surface area contributed by atoms with Crippen LogP contribution in [0.15, 0.2) is 24.3 Å². The molecule has 0 spiro atoms. The summed E-state index contributed by atoms with van der Waals surface area (Å²) < 4.78 is 0. The molecule has 0 aliphatic carbocycles. The Kier molecular flexibility index (Phi) is 4.88. The van der Waals surface area contributed by atoms with Gasteiger partial charge in [-0.05, 0) is 12.5 Å². The van der Waals surface area contributed by atoms with Crippen LogP contribution in [0.1, 0.15) is 17.2 Å². The van der Waals surface area contributed by atoms with Crippen molar-refractivity contribution < 1.29 is 4.79 Å². The van der Waals surface area contributed by atoms with Crippen LogP contribution in [-0.2, 0) is 4.79 Å². The van der Waals surface area contributed by atoms with Gasteiger partial charge in [-0.2, -0.15) is 11.8 Å². The molecule has 1 aliphatic heterocycles. The lowest BCUT2D eigenvalue weighted by atomic mass is 10.0. The summed E-state index contributed by atoms with van der Waals surface area (Å²) in [6.45, 7) is 3.61. The molecule has 1 saturated heterocycles. The monoisotopic (exact) mass is 278 g/mol. The molecule has 1 aromatic carbocycles. The molecule has 1 unspecified atom stereocenters. The van der Waals surface area contributed by atoms with Crippen LogP contribution in [0.5, 0.6) is 0 Å². The molecule has 3 nitrogen and oxygen atoms in total. The van der Waals surface area contributed by atoms with E-state index in [4.69, 9.17) is 0 Å². The van der Waals surface area contributed by atoms with Crippen molar-refractivity contribution in [1.29, 1.82) is 0 Å². The minimum Gasteiger partial charge on any atom is -0.348 e. The summed E-state index contributed by atoms with van der Waals surface area (Å²) in [4.78, 5) is 15.9. The van der Waals surface area contributed by atoms with Gasteiger partial charge in [0, 0.05) is 38.2 Å². The van der Waals surface area contributed by atoms with Gasteiger partial charge in [-0.1, -0.05) is 29.8 Å². The summed E-state index contributed by atoms with van der Waals surface area (Å²) in [6.07, 6.45) is 0. The summed E-state index contributed by atoms with van der Waals surface area (Å²) in [5, 5.41) is 0. The second kappa shape index (κ2) is 6.44. The fourth-order valence-electron chi connectivity index (χ4n) is 2.24. The van der Waals surface area contributed by atoms with Crippen LogP contribution in [0.3, 0.4) is 0 Å². The van der Waals surface area contributed by atoms with Gasteiger partial charge >= 0.3 is 0 Å². The molecule has 0 N–H and O–H groups in total. The van der Waals surface area contributed by atoms with Crippen molar-refractivity contribution in [3.8, 4) is 0 Å². The summed E-state index contributed by atoms with van der Waals surface area (Å²) in [7, 11) is 3.64. The van der Waals surface area contributed by atoms with Crippen molar-refractivity contribution in [2.45, 2.75) is 13.0 Å². The zero-order valence-corrected chi connectivity index (χ0v) is 12.7. The maximum absolute atomic E-state index is 11.9. The average molecular weight is 278 g/mol. The SMILES string of the molecule is Cc1ccc(C2CSCCN2CC(=O)N(C)C)cc1. The van der Waals surface area contributed by atoms with Crippen LogP contribution in [0.4, 0.5) is 0 Å². The Hall–Kier alpha value is -1.00. The molecule has 4 heteroatoms. The number of hydrogen-bond acceptors (Lipinski definition) is 3. The van der Waals surface area contributed by atoms with Crippen LogP contribution in [0.25, 0.3) is 0 Å². The highest BCUT2D eigenvalue weighted by Gasteiger charge is 2.26. The number of carbonyl (C=O) groups excluding carboxylic acids is 1. The molecule has 0 aromatic heterocycles. The third-order valence-electron chi connectivity index (χ3n) is 3.54. The van der Waals surface area contributed by atoms with Gasteiger partial charge in [0.1, 0.15) is 0 Å². The fraction of sp³-hybridized carbons (Fsp3) is 0.533. The van der Waals surface area contributed by atoms with Gasteiger partial charge in [-0.25, -0.2) is 0 Å². The first-order chi connectivity index (χ1) is 9.08. The second-order valence-electron chi connectivity index (χ2n) is 5.26. The summed E-state index contributed by atoms with van der Waals surface area (Å²) >= 11 is 1.97. The van der Waals surface area contributed by atoms with Crippen LogP contribution in [0.2, 0.25) is 0 Å². The lowest BCUT2D eigenvalue weighted by molar-refractivity contribution is -0.130. The van der Waals surface area contributed by atoms with E-state index in [9.17, 15) is 4.79 Å². The Labute approximate surface area is 120 Å². The predicted molar refractivity (Wildman–Crippen MR) is 81.5 cm³/mol. The van der Waals surface area contributed by atoms with Gasteiger partial charge < -0.3 is 4.90 Å². The Morgan fingerprint density at radius 3 is 2.68 bits per heavy atom. The maximum Gasteiger partial charge on any atom is 0.236 e. The molecule has 2 rings (SSSR count). The van der Waals surface area contributed by atoms with E-state index in [2.05, 4.69) is 36.1 Å². The molecule has 0 bridgehead atoms. The number of aryl methyl sites for hydroxylation is 1. The fourth-order valence-corrected chi connectivity index (χ4v) is 3.39. The van der Waals surface area contributed by atoms with E-state index in [-0.39, 0.29) is 5.91 Å². The Balaban J connectivity index is 2.11. The van der Waals surface area contributed by atoms with E-state index in [1.165, 1.54) is 11.1 Å². The van der Waals surface area contributed by atoms with E-state index in [1.54, 1.807) is 4.90 Å². The maximum atomic E-state index is 11.9. The number of rotatable bonds is 3. The van der Waals surface area contributed by atoms with Gasteiger partial charge in [0.15, 0.2) is 0 Å². The van der Waals surface area contributed by atoms with Crippen molar-refractivity contribution in [3.63, 3.8) is 0 Å². The van der Waals surface area contributed by atoms with E-state index >= 15 is 0 Å². The average Bonchev–Trinajstić information content (AvgIpc) is 2.40. The Bertz CT molecular complexity index is 430. The topological polar surface area (TPSA) is 23.6 Å². The van der Waals surface area contributed by atoms with Crippen LogP contribution < -0.4 is 0 Å². The molecule has 1 heterocycles. The van der Waals surface area contributed by atoms with Crippen LogP contribution in [0, 0.1) is 6.92 Å².